The second-order valence-corrected chi connectivity index (χ2v) is 5.89. The molecule has 0 N–H and O–H groups in total. The molecule has 0 heterocycles. The smallest absolute Gasteiger partial charge is 0.406 e. The van der Waals surface area contributed by atoms with Crippen LogP contribution in [0.15, 0.2) is 28.7 Å². The molecule has 7 heteroatoms. The number of alkyl halides is 3. The van der Waals surface area contributed by atoms with Crippen LogP contribution < -0.4 is 4.74 Å². The van der Waals surface area contributed by atoms with Crippen LogP contribution in [-0.4, -0.2) is 17.2 Å². The van der Waals surface area contributed by atoms with Crippen molar-refractivity contribution in [2.24, 2.45) is 0 Å². The summed E-state index contributed by atoms with van der Waals surface area (Å²) in [7, 11) is 0. The fraction of sp³-hybridized carbons (Fsp3) is 0.308. The summed E-state index contributed by atoms with van der Waals surface area (Å²) >= 11 is 4.42. The molecule has 0 aliphatic heterocycles. The first-order valence-electron chi connectivity index (χ1n) is 5.63. The van der Waals surface area contributed by atoms with E-state index in [-0.39, 0.29) is 10.9 Å². The predicted molar refractivity (Wildman–Crippen MR) is 77.6 cm³/mol. The second kappa shape index (κ2) is 7.73. The molecule has 0 unspecified atom stereocenters. The zero-order valence-corrected chi connectivity index (χ0v) is 12.9. The highest BCUT2D eigenvalue weighted by Gasteiger charge is 2.31. The Hall–Kier alpha value is -0.950. The Morgan fingerprint density at radius 3 is 2.70 bits per heavy atom. The van der Waals surface area contributed by atoms with Gasteiger partial charge in [0.1, 0.15) is 5.75 Å². The van der Waals surface area contributed by atoms with E-state index in [1.165, 1.54) is 36.9 Å². The van der Waals surface area contributed by atoms with E-state index in [2.05, 4.69) is 20.7 Å². The summed E-state index contributed by atoms with van der Waals surface area (Å²) in [5.41, 5.74) is 0.743. The summed E-state index contributed by atoms with van der Waals surface area (Å²) < 4.78 is 40.5. The molecule has 1 rings (SSSR count). The lowest BCUT2D eigenvalue weighted by molar-refractivity contribution is -0.274. The van der Waals surface area contributed by atoms with Crippen molar-refractivity contribution in [2.45, 2.75) is 19.7 Å². The molecule has 0 fully saturated rings. The highest BCUT2D eigenvalue weighted by atomic mass is 79.9. The summed E-state index contributed by atoms with van der Waals surface area (Å²) in [5, 5.41) is 0.0632. The molecule has 1 aromatic carbocycles. The Balaban J connectivity index is 2.59. The molecule has 0 aliphatic carbocycles. The van der Waals surface area contributed by atoms with Gasteiger partial charge in [-0.3, -0.25) is 4.79 Å². The topological polar surface area (TPSA) is 26.3 Å². The van der Waals surface area contributed by atoms with Crippen molar-refractivity contribution in [3.63, 3.8) is 0 Å². The number of rotatable bonds is 5. The molecule has 1 aromatic rings. The Morgan fingerprint density at radius 1 is 1.45 bits per heavy atom. The maximum atomic E-state index is 12.0. The van der Waals surface area contributed by atoms with Crippen LogP contribution in [0.25, 0.3) is 6.08 Å². The quantitative estimate of drug-likeness (QED) is 0.681. The normalized spacial score (nSPS) is 11.8. The summed E-state index contributed by atoms with van der Waals surface area (Å²) in [5.74, 6) is 0.410. The number of carbonyl (C=O) groups is 1. The average Bonchev–Trinajstić information content (AvgIpc) is 2.28. The van der Waals surface area contributed by atoms with Gasteiger partial charge in [0.15, 0.2) is 5.12 Å². The molecule has 110 valence electrons. The van der Waals surface area contributed by atoms with Gasteiger partial charge in [-0.1, -0.05) is 45.9 Å². The Bertz CT molecular complexity index is 501. The van der Waals surface area contributed by atoms with E-state index < -0.39 is 6.36 Å². The van der Waals surface area contributed by atoms with Crippen molar-refractivity contribution in [1.82, 2.24) is 0 Å². The van der Waals surface area contributed by atoms with E-state index in [0.29, 0.717) is 16.6 Å². The Kier molecular flexibility index (Phi) is 6.61. The molecule has 0 aromatic heterocycles. The molecule has 20 heavy (non-hydrogen) atoms. The molecule has 0 saturated heterocycles. The fourth-order valence-electron chi connectivity index (χ4n) is 1.32. The highest BCUT2D eigenvalue weighted by molar-refractivity contribution is 9.10. The highest BCUT2D eigenvalue weighted by Crippen LogP contribution is 2.28. The number of ether oxygens (including phenoxy) is 1. The molecule has 0 atom stereocenters. The van der Waals surface area contributed by atoms with Gasteiger partial charge in [0.2, 0.25) is 0 Å². The van der Waals surface area contributed by atoms with E-state index >= 15 is 0 Å². The molecule has 0 bridgehead atoms. The summed E-state index contributed by atoms with van der Waals surface area (Å²) in [6.45, 7) is 1.50. The largest absolute Gasteiger partial charge is 0.573 e. The first-order valence-corrected chi connectivity index (χ1v) is 7.41. The number of thioether (sulfide) groups is 1. The maximum Gasteiger partial charge on any atom is 0.573 e. The van der Waals surface area contributed by atoms with Crippen molar-refractivity contribution in [3.8, 4) is 5.75 Å². The van der Waals surface area contributed by atoms with Crippen LogP contribution in [0.5, 0.6) is 5.75 Å². The van der Waals surface area contributed by atoms with Crippen molar-refractivity contribution in [2.75, 3.05) is 5.75 Å². The zero-order chi connectivity index (χ0) is 15.2. The van der Waals surface area contributed by atoms with Crippen LogP contribution >= 0.6 is 27.7 Å². The summed E-state index contributed by atoms with van der Waals surface area (Å²) in [6.07, 6.45) is -0.347. The van der Waals surface area contributed by atoms with Crippen LogP contribution in [0.1, 0.15) is 18.9 Å². The standard InChI is InChI=1S/C13H12BrF3O2S/c1-9(18)20-7-3-2-4-10-5-6-11(8-12(10)14)19-13(15,16)17/h2,4-6,8H,3,7H2,1H3. The minimum Gasteiger partial charge on any atom is -0.406 e. The van der Waals surface area contributed by atoms with Crippen LogP contribution in [0, 0.1) is 0 Å². The maximum absolute atomic E-state index is 12.0. The van der Waals surface area contributed by atoms with E-state index in [1.54, 1.807) is 6.08 Å². The van der Waals surface area contributed by atoms with Gasteiger partial charge in [0.05, 0.1) is 0 Å². The molecular weight excluding hydrogens is 357 g/mol. The molecule has 0 amide bonds. The van der Waals surface area contributed by atoms with Gasteiger partial charge in [-0.05, 0) is 24.1 Å². The van der Waals surface area contributed by atoms with Crippen molar-refractivity contribution in [3.05, 3.63) is 34.3 Å². The molecule has 0 aliphatic rings. The van der Waals surface area contributed by atoms with Crippen LogP contribution in [-0.2, 0) is 4.79 Å². The number of halogens is 4. The van der Waals surface area contributed by atoms with Gasteiger partial charge >= 0.3 is 6.36 Å². The van der Waals surface area contributed by atoms with Gasteiger partial charge < -0.3 is 4.74 Å². The van der Waals surface area contributed by atoms with E-state index in [9.17, 15) is 18.0 Å². The molecule has 0 radical (unpaired) electrons. The van der Waals surface area contributed by atoms with E-state index in [0.717, 1.165) is 5.56 Å². The monoisotopic (exact) mass is 368 g/mol. The van der Waals surface area contributed by atoms with Gasteiger partial charge in [-0.25, -0.2) is 0 Å². The van der Waals surface area contributed by atoms with E-state index in [1.807, 2.05) is 6.08 Å². The Morgan fingerprint density at radius 2 is 2.15 bits per heavy atom. The number of carbonyl (C=O) groups excluding carboxylic acids is 1. The van der Waals surface area contributed by atoms with Crippen LogP contribution in [0.3, 0.4) is 0 Å². The van der Waals surface area contributed by atoms with Gasteiger partial charge in [-0.2, -0.15) is 0 Å². The predicted octanol–water partition coefficient (Wildman–Crippen LogP) is 5.03. The lowest BCUT2D eigenvalue weighted by Crippen LogP contribution is -2.17. The second-order valence-electron chi connectivity index (χ2n) is 3.76. The zero-order valence-electron chi connectivity index (χ0n) is 10.5. The van der Waals surface area contributed by atoms with Crippen LogP contribution in [0.2, 0.25) is 0 Å². The van der Waals surface area contributed by atoms with E-state index in [4.69, 9.17) is 0 Å². The lowest BCUT2D eigenvalue weighted by Gasteiger charge is -2.09. The first-order chi connectivity index (χ1) is 9.28. The minimum absolute atomic E-state index is 0.0632. The molecular formula is C13H12BrF3O2S. The summed E-state index contributed by atoms with van der Waals surface area (Å²) in [4.78, 5) is 10.7. The Labute approximate surface area is 127 Å². The third-order valence-corrected chi connectivity index (χ3v) is 3.63. The van der Waals surface area contributed by atoms with Crippen LogP contribution in [0.4, 0.5) is 13.2 Å². The number of allylic oxidation sites excluding steroid dienone is 1. The molecule has 0 saturated carbocycles. The number of hydrogen-bond donors (Lipinski definition) is 0. The van der Waals surface area contributed by atoms with Crippen molar-refractivity contribution in [1.29, 1.82) is 0 Å². The lowest BCUT2D eigenvalue weighted by atomic mass is 10.2. The summed E-state index contributed by atoms with van der Waals surface area (Å²) in [6, 6.07) is 4.04. The third-order valence-electron chi connectivity index (χ3n) is 2.09. The third kappa shape index (κ3) is 7.00. The molecule has 0 spiro atoms. The van der Waals surface area contributed by atoms with Crippen molar-refractivity contribution >= 4 is 38.9 Å². The average molecular weight is 369 g/mol. The first kappa shape index (κ1) is 17.1. The van der Waals surface area contributed by atoms with Crippen molar-refractivity contribution < 1.29 is 22.7 Å². The SMILES string of the molecule is CC(=O)SCCC=Cc1ccc(OC(F)(F)F)cc1Br. The number of benzene rings is 1. The fourth-order valence-corrected chi connectivity index (χ4v) is 2.35. The molecule has 2 nitrogen and oxygen atoms in total. The van der Waals surface area contributed by atoms with Gasteiger partial charge in [0.25, 0.3) is 0 Å². The van der Waals surface area contributed by atoms with Gasteiger partial charge in [-0.15, -0.1) is 13.2 Å². The van der Waals surface area contributed by atoms with Gasteiger partial charge in [0, 0.05) is 17.1 Å². The number of hydrogen-bond acceptors (Lipinski definition) is 3. The minimum atomic E-state index is -4.69.